The first-order valence-corrected chi connectivity index (χ1v) is 5.99. The molecule has 6 heteroatoms. The molecule has 1 aliphatic heterocycles. The van der Waals surface area contributed by atoms with Gasteiger partial charge in [0.25, 0.3) is 0 Å². The molecular weight excluding hydrogens is 282 g/mol. The summed E-state index contributed by atoms with van der Waals surface area (Å²) in [7, 11) is 0. The van der Waals surface area contributed by atoms with Gasteiger partial charge in [-0.15, -0.1) is 0 Å². The van der Waals surface area contributed by atoms with E-state index in [0.717, 1.165) is 36.4 Å². The Morgan fingerprint density at radius 2 is 2.00 bits per heavy atom. The Morgan fingerprint density at radius 1 is 1.29 bits per heavy atom. The SMILES string of the molecule is CC1=CC(=O)[C@H](C(=O)/C=C/c2cc(F)ccc2F)C(=O)O1. The van der Waals surface area contributed by atoms with Crippen LogP contribution in [0.15, 0.2) is 36.1 Å². The van der Waals surface area contributed by atoms with Crippen LogP contribution >= 0.6 is 0 Å². The maximum absolute atomic E-state index is 13.4. The number of rotatable bonds is 3. The molecule has 0 aliphatic carbocycles. The van der Waals surface area contributed by atoms with Gasteiger partial charge in [-0.05, 0) is 37.3 Å². The number of ether oxygens (including phenoxy) is 1. The van der Waals surface area contributed by atoms with Crippen molar-refractivity contribution in [1.29, 1.82) is 0 Å². The van der Waals surface area contributed by atoms with Gasteiger partial charge >= 0.3 is 5.97 Å². The van der Waals surface area contributed by atoms with E-state index in [2.05, 4.69) is 0 Å². The molecule has 108 valence electrons. The molecule has 1 aliphatic rings. The highest BCUT2D eigenvalue weighted by Crippen LogP contribution is 2.17. The van der Waals surface area contributed by atoms with Crippen LogP contribution in [0.5, 0.6) is 0 Å². The van der Waals surface area contributed by atoms with Crippen LogP contribution in [0.1, 0.15) is 12.5 Å². The lowest BCUT2D eigenvalue weighted by molar-refractivity contribution is -0.151. The van der Waals surface area contributed by atoms with E-state index in [1.807, 2.05) is 0 Å². The molecule has 0 amide bonds. The fraction of sp³-hybridized carbons (Fsp3) is 0.133. The molecule has 21 heavy (non-hydrogen) atoms. The van der Waals surface area contributed by atoms with E-state index in [9.17, 15) is 23.2 Å². The summed E-state index contributed by atoms with van der Waals surface area (Å²) in [5, 5.41) is 0. The van der Waals surface area contributed by atoms with Gasteiger partial charge < -0.3 is 4.74 Å². The van der Waals surface area contributed by atoms with E-state index < -0.39 is 35.1 Å². The standard InChI is InChI=1S/C15H10F2O4/c1-8-6-13(19)14(15(20)21-8)12(18)5-2-9-7-10(16)3-4-11(9)17/h2-7,14H,1H3/b5-2+/t14-/m0/s1. The molecule has 0 saturated heterocycles. The molecule has 0 fully saturated rings. The first-order valence-electron chi connectivity index (χ1n) is 5.99. The minimum absolute atomic E-state index is 0.106. The minimum atomic E-state index is -1.60. The molecule has 1 aromatic rings. The highest BCUT2D eigenvalue weighted by Gasteiger charge is 2.36. The molecule has 4 nitrogen and oxygen atoms in total. The zero-order valence-electron chi connectivity index (χ0n) is 10.9. The van der Waals surface area contributed by atoms with E-state index in [0.29, 0.717) is 0 Å². The van der Waals surface area contributed by atoms with Gasteiger partial charge in [0.1, 0.15) is 17.4 Å². The van der Waals surface area contributed by atoms with E-state index in [1.54, 1.807) is 0 Å². The first-order chi connectivity index (χ1) is 9.88. The predicted octanol–water partition coefficient (Wildman–Crippen LogP) is 2.19. The zero-order chi connectivity index (χ0) is 15.6. The van der Waals surface area contributed by atoms with Crippen molar-refractivity contribution in [3.8, 4) is 0 Å². The average Bonchev–Trinajstić information content (AvgIpc) is 2.38. The van der Waals surface area contributed by atoms with Gasteiger partial charge in [0.15, 0.2) is 17.5 Å². The lowest BCUT2D eigenvalue weighted by atomic mass is 9.96. The second-order valence-corrected chi connectivity index (χ2v) is 4.41. The van der Waals surface area contributed by atoms with Crippen molar-refractivity contribution >= 4 is 23.6 Å². The second-order valence-electron chi connectivity index (χ2n) is 4.41. The van der Waals surface area contributed by atoms with Crippen molar-refractivity contribution in [2.45, 2.75) is 6.92 Å². The van der Waals surface area contributed by atoms with Crippen molar-refractivity contribution in [3.05, 3.63) is 53.3 Å². The number of benzene rings is 1. The number of ketones is 2. The van der Waals surface area contributed by atoms with E-state index in [1.165, 1.54) is 6.92 Å². The quantitative estimate of drug-likeness (QED) is 0.487. The van der Waals surface area contributed by atoms with E-state index >= 15 is 0 Å². The molecule has 0 unspecified atom stereocenters. The largest absolute Gasteiger partial charge is 0.430 e. The Kier molecular flexibility index (Phi) is 4.07. The molecule has 2 rings (SSSR count). The average molecular weight is 292 g/mol. The van der Waals surface area contributed by atoms with Gasteiger partial charge in [0.05, 0.1) is 0 Å². The van der Waals surface area contributed by atoms with Crippen molar-refractivity contribution in [3.63, 3.8) is 0 Å². The third kappa shape index (κ3) is 3.28. The number of allylic oxidation sites excluding steroid dienone is 3. The van der Waals surface area contributed by atoms with Gasteiger partial charge in [-0.25, -0.2) is 8.78 Å². The molecule has 1 aromatic carbocycles. The summed E-state index contributed by atoms with van der Waals surface area (Å²) < 4.78 is 31.0. The summed E-state index contributed by atoms with van der Waals surface area (Å²) in [5.74, 6) is -5.41. The normalized spacial score (nSPS) is 18.6. The monoisotopic (exact) mass is 292 g/mol. The van der Waals surface area contributed by atoms with Gasteiger partial charge in [-0.1, -0.05) is 0 Å². The van der Waals surface area contributed by atoms with Crippen molar-refractivity contribution in [2.24, 2.45) is 5.92 Å². The molecule has 1 heterocycles. The lowest BCUT2D eigenvalue weighted by Crippen LogP contribution is -2.34. The predicted molar refractivity (Wildman–Crippen MR) is 68.7 cm³/mol. The number of esters is 1. The van der Waals surface area contributed by atoms with E-state index in [4.69, 9.17) is 4.74 Å². The Balaban J connectivity index is 2.22. The Bertz CT molecular complexity index is 689. The maximum Gasteiger partial charge on any atom is 0.329 e. The summed E-state index contributed by atoms with van der Waals surface area (Å²) in [4.78, 5) is 35.0. The molecule has 0 radical (unpaired) electrons. The number of hydrogen-bond acceptors (Lipinski definition) is 4. The number of carbonyl (C=O) groups is 3. The number of halogens is 2. The number of hydrogen-bond donors (Lipinski definition) is 0. The van der Waals surface area contributed by atoms with Crippen LogP contribution in [0.4, 0.5) is 8.78 Å². The second kappa shape index (κ2) is 5.78. The van der Waals surface area contributed by atoms with Crippen molar-refractivity contribution < 1.29 is 27.9 Å². The highest BCUT2D eigenvalue weighted by atomic mass is 19.1. The molecule has 0 spiro atoms. The molecule has 0 N–H and O–H groups in total. The molecule has 1 atom stereocenters. The minimum Gasteiger partial charge on any atom is -0.430 e. The fourth-order valence-electron chi connectivity index (χ4n) is 1.81. The fourth-order valence-corrected chi connectivity index (χ4v) is 1.81. The van der Waals surface area contributed by atoms with E-state index in [-0.39, 0.29) is 11.3 Å². The first kappa shape index (κ1) is 14.8. The lowest BCUT2D eigenvalue weighted by Gasteiger charge is -2.15. The summed E-state index contributed by atoms with van der Waals surface area (Å²) in [6, 6.07) is 2.74. The summed E-state index contributed by atoms with van der Waals surface area (Å²) in [6.45, 7) is 1.41. The van der Waals surface area contributed by atoms with Crippen LogP contribution < -0.4 is 0 Å². The highest BCUT2D eigenvalue weighted by molar-refractivity contribution is 6.25. The maximum atomic E-state index is 13.4. The summed E-state index contributed by atoms with van der Waals surface area (Å²) >= 11 is 0. The van der Waals surface area contributed by atoms with Crippen LogP contribution in [0.25, 0.3) is 6.08 Å². The van der Waals surface area contributed by atoms with Gasteiger partial charge in [0, 0.05) is 11.6 Å². The van der Waals surface area contributed by atoms with Crippen LogP contribution in [-0.4, -0.2) is 17.5 Å². The summed E-state index contributed by atoms with van der Waals surface area (Å²) in [6.07, 6.45) is 2.91. The Morgan fingerprint density at radius 3 is 2.67 bits per heavy atom. The van der Waals surface area contributed by atoms with Gasteiger partial charge in [-0.2, -0.15) is 0 Å². The van der Waals surface area contributed by atoms with Crippen molar-refractivity contribution in [1.82, 2.24) is 0 Å². The van der Waals surface area contributed by atoms with Crippen LogP contribution in [0.2, 0.25) is 0 Å². The number of carbonyl (C=O) groups excluding carboxylic acids is 3. The van der Waals surface area contributed by atoms with Crippen LogP contribution in [-0.2, 0) is 19.1 Å². The number of cyclic esters (lactones) is 1. The van der Waals surface area contributed by atoms with Gasteiger partial charge in [-0.3, -0.25) is 14.4 Å². The Hall–Kier alpha value is -2.63. The van der Waals surface area contributed by atoms with Crippen LogP contribution in [0, 0.1) is 17.6 Å². The summed E-state index contributed by atoms with van der Waals surface area (Å²) in [5.41, 5.74) is -0.160. The zero-order valence-corrected chi connectivity index (χ0v) is 10.9. The molecule has 0 bridgehead atoms. The van der Waals surface area contributed by atoms with Crippen LogP contribution in [0.3, 0.4) is 0 Å². The van der Waals surface area contributed by atoms with Gasteiger partial charge in [0.2, 0.25) is 0 Å². The molecule has 0 aromatic heterocycles. The topological polar surface area (TPSA) is 60.4 Å². The molecule has 0 saturated carbocycles. The molecular formula is C15H10F2O4. The third-order valence-electron chi connectivity index (χ3n) is 2.80. The smallest absolute Gasteiger partial charge is 0.329 e. The third-order valence-corrected chi connectivity index (χ3v) is 2.80. The van der Waals surface area contributed by atoms with Crippen molar-refractivity contribution in [2.75, 3.05) is 0 Å². The Labute approximate surface area is 118 Å².